The van der Waals surface area contributed by atoms with Crippen LogP contribution in [0.1, 0.15) is 18.4 Å². The maximum Gasteiger partial charge on any atom is 0.230 e. The highest BCUT2D eigenvalue weighted by molar-refractivity contribution is 5.91. The molecule has 2 aromatic rings. The van der Waals surface area contributed by atoms with Crippen molar-refractivity contribution in [1.29, 1.82) is 5.26 Å². The number of carbonyl (C=O) groups excluding carboxylic acids is 1. The Hall–Kier alpha value is -3.01. The number of pyridine rings is 1. The van der Waals surface area contributed by atoms with Gasteiger partial charge in [-0.05, 0) is 36.6 Å². The zero-order chi connectivity index (χ0) is 16.8. The smallest absolute Gasteiger partial charge is 0.230 e. The highest BCUT2D eigenvalue weighted by atomic mass is 16.1. The number of hydrogen-bond donors (Lipinski definition) is 1. The molecule has 24 heavy (non-hydrogen) atoms. The summed E-state index contributed by atoms with van der Waals surface area (Å²) in [6.45, 7) is 1.61. The maximum atomic E-state index is 12.0. The largest absolute Gasteiger partial charge is 0.355 e. The maximum absolute atomic E-state index is 12.0. The number of nitriles is 1. The van der Waals surface area contributed by atoms with Crippen LogP contribution in [0.25, 0.3) is 0 Å². The van der Waals surface area contributed by atoms with Crippen molar-refractivity contribution in [3.05, 3.63) is 42.2 Å². The summed E-state index contributed by atoms with van der Waals surface area (Å²) < 4.78 is 0. The number of hydrogen-bond acceptors (Lipinski definition) is 6. The van der Waals surface area contributed by atoms with Gasteiger partial charge < -0.3 is 10.2 Å². The lowest BCUT2D eigenvalue weighted by molar-refractivity contribution is -0.115. The molecule has 1 amide bonds. The van der Waals surface area contributed by atoms with E-state index in [-0.39, 0.29) is 18.2 Å². The summed E-state index contributed by atoms with van der Waals surface area (Å²) in [4.78, 5) is 18.1. The topological polar surface area (TPSA) is 94.8 Å². The van der Waals surface area contributed by atoms with Crippen molar-refractivity contribution in [3.8, 4) is 6.07 Å². The van der Waals surface area contributed by atoms with Crippen molar-refractivity contribution < 1.29 is 4.79 Å². The fourth-order valence-electron chi connectivity index (χ4n) is 2.67. The van der Waals surface area contributed by atoms with Crippen LogP contribution in [0.5, 0.6) is 0 Å². The van der Waals surface area contributed by atoms with Crippen molar-refractivity contribution in [2.75, 3.05) is 23.3 Å². The molecule has 2 aromatic heterocycles. The van der Waals surface area contributed by atoms with Crippen molar-refractivity contribution >= 4 is 17.5 Å². The molecule has 7 nitrogen and oxygen atoms in total. The molecule has 0 aliphatic carbocycles. The molecule has 1 saturated heterocycles. The Labute approximate surface area is 140 Å². The molecule has 3 heterocycles. The summed E-state index contributed by atoms with van der Waals surface area (Å²) in [5.41, 5.74) is 0.847. The van der Waals surface area contributed by atoms with Gasteiger partial charge in [0.15, 0.2) is 11.6 Å². The normalized spacial score (nSPS) is 14.9. The molecule has 0 aromatic carbocycles. The first-order valence-electron chi connectivity index (χ1n) is 7.91. The van der Waals surface area contributed by atoms with Gasteiger partial charge in [-0.15, -0.1) is 10.2 Å². The Morgan fingerprint density at radius 3 is 2.75 bits per heavy atom. The predicted octanol–water partition coefficient (Wildman–Crippen LogP) is 1.79. The number of nitrogens with zero attached hydrogens (tertiary/aromatic N) is 5. The van der Waals surface area contributed by atoms with Gasteiger partial charge in [0.05, 0.1) is 12.5 Å². The molecule has 3 rings (SSSR count). The van der Waals surface area contributed by atoms with Gasteiger partial charge in [-0.2, -0.15) is 5.26 Å². The Balaban J connectivity index is 1.55. The molecule has 122 valence electrons. The van der Waals surface area contributed by atoms with E-state index in [1.54, 1.807) is 24.5 Å². The first-order valence-corrected chi connectivity index (χ1v) is 7.91. The van der Waals surface area contributed by atoms with E-state index in [4.69, 9.17) is 5.26 Å². The van der Waals surface area contributed by atoms with Crippen LogP contribution in [-0.2, 0) is 11.2 Å². The molecule has 7 heteroatoms. The van der Waals surface area contributed by atoms with Gasteiger partial charge in [-0.25, -0.2) is 0 Å². The van der Waals surface area contributed by atoms with Gasteiger partial charge in [0, 0.05) is 31.4 Å². The Bertz CT molecular complexity index is 717. The lowest BCUT2D eigenvalue weighted by Gasteiger charge is -2.29. The molecule has 0 spiro atoms. The third-order valence-corrected chi connectivity index (χ3v) is 4.01. The van der Waals surface area contributed by atoms with Crippen LogP contribution in [0.2, 0.25) is 0 Å². The molecular weight excluding hydrogens is 304 g/mol. The second kappa shape index (κ2) is 7.51. The van der Waals surface area contributed by atoms with Gasteiger partial charge in [-0.1, -0.05) is 6.07 Å². The number of rotatable bonds is 4. The zero-order valence-corrected chi connectivity index (χ0v) is 13.2. The molecule has 0 radical (unpaired) electrons. The van der Waals surface area contributed by atoms with Gasteiger partial charge in [-0.3, -0.25) is 9.78 Å². The second-order valence-electron chi connectivity index (χ2n) is 5.75. The average molecular weight is 322 g/mol. The van der Waals surface area contributed by atoms with Crippen LogP contribution in [0.15, 0.2) is 36.7 Å². The van der Waals surface area contributed by atoms with Crippen LogP contribution in [0, 0.1) is 17.2 Å². The molecule has 0 unspecified atom stereocenters. The summed E-state index contributed by atoms with van der Waals surface area (Å²) in [5.74, 6) is 1.19. The van der Waals surface area contributed by atoms with Crippen LogP contribution in [0.4, 0.5) is 11.6 Å². The van der Waals surface area contributed by atoms with Gasteiger partial charge in [0.2, 0.25) is 5.91 Å². The summed E-state index contributed by atoms with van der Waals surface area (Å²) in [6.07, 6.45) is 5.28. The molecule has 1 aliphatic heterocycles. The number of carbonyl (C=O) groups is 1. The number of piperidine rings is 1. The number of amides is 1. The van der Waals surface area contributed by atoms with Crippen molar-refractivity contribution in [2.45, 2.75) is 19.3 Å². The van der Waals surface area contributed by atoms with Gasteiger partial charge in [0.25, 0.3) is 0 Å². The summed E-state index contributed by atoms with van der Waals surface area (Å²) >= 11 is 0. The molecule has 0 atom stereocenters. The fraction of sp³-hybridized carbons (Fsp3) is 0.353. The van der Waals surface area contributed by atoms with E-state index in [0.717, 1.165) is 37.3 Å². The fourth-order valence-corrected chi connectivity index (χ4v) is 2.67. The molecule has 1 N–H and O–H groups in total. The van der Waals surface area contributed by atoms with E-state index in [0.29, 0.717) is 5.82 Å². The monoisotopic (exact) mass is 322 g/mol. The second-order valence-corrected chi connectivity index (χ2v) is 5.75. The van der Waals surface area contributed by atoms with Crippen LogP contribution < -0.4 is 10.2 Å². The Morgan fingerprint density at radius 2 is 2.12 bits per heavy atom. The van der Waals surface area contributed by atoms with E-state index >= 15 is 0 Å². The lowest BCUT2D eigenvalue weighted by atomic mass is 9.99. The first kappa shape index (κ1) is 15.9. The average Bonchev–Trinajstić information content (AvgIpc) is 2.63. The van der Waals surface area contributed by atoms with E-state index < -0.39 is 0 Å². The standard InChI is InChI=1S/C17H18N6O/c18-11-13-5-8-23(9-6-13)16-4-3-15(21-22-16)20-17(24)10-14-2-1-7-19-12-14/h1-4,7,12-13H,5-6,8-10H2,(H,20,21,24). The van der Waals surface area contributed by atoms with E-state index in [2.05, 4.69) is 31.5 Å². The van der Waals surface area contributed by atoms with Crippen LogP contribution >= 0.6 is 0 Å². The molecular formula is C17H18N6O. The number of nitrogens with one attached hydrogen (secondary N) is 1. The van der Waals surface area contributed by atoms with Crippen molar-refractivity contribution in [1.82, 2.24) is 15.2 Å². The molecule has 0 bridgehead atoms. The summed E-state index contributed by atoms with van der Waals surface area (Å²) in [6, 6.07) is 9.56. The molecule has 0 saturated carbocycles. The Morgan fingerprint density at radius 1 is 1.29 bits per heavy atom. The Kier molecular flexibility index (Phi) is 4.96. The quantitative estimate of drug-likeness (QED) is 0.922. The first-order chi connectivity index (χ1) is 11.7. The minimum Gasteiger partial charge on any atom is -0.355 e. The van der Waals surface area contributed by atoms with Crippen LogP contribution in [0.3, 0.4) is 0 Å². The molecule has 1 aliphatic rings. The van der Waals surface area contributed by atoms with Crippen molar-refractivity contribution in [3.63, 3.8) is 0 Å². The number of aromatic nitrogens is 3. The summed E-state index contributed by atoms with van der Waals surface area (Å²) in [5, 5.41) is 19.9. The van der Waals surface area contributed by atoms with E-state index in [1.165, 1.54) is 0 Å². The summed E-state index contributed by atoms with van der Waals surface area (Å²) in [7, 11) is 0. The van der Waals surface area contributed by atoms with E-state index in [9.17, 15) is 4.79 Å². The SMILES string of the molecule is N#CC1CCN(c2ccc(NC(=O)Cc3cccnc3)nn2)CC1. The third-order valence-electron chi connectivity index (χ3n) is 4.01. The zero-order valence-electron chi connectivity index (χ0n) is 13.2. The predicted molar refractivity (Wildman–Crippen MR) is 89.2 cm³/mol. The minimum absolute atomic E-state index is 0.139. The van der Waals surface area contributed by atoms with Crippen LogP contribution in [-0.4, -0.2) is 34.2 Å². The lowest BCUT2D eigenvalue weighted by Crippen LogP contribution is -2.34. The highest BCUT2D eigenvalue weighted by Gasteiger charge is 2.20. The third kappa shape index (κ3) is 4.04. The van der Waals surface area contributed by atoms with E-state index in [1.807, 2.05) is 12.1 Å². The number of anilines is 2. The van der Waals surface area contributed by atoms with Crippen molar-refractivity contribution in [2.24, 2.45) is 5.92 Å². The molecule has 1 fully saturated rings. The van der Waals surface area contributed by atoms with Gasteiger partial charge >= 0.3 is 0 Å². The highest BCUT2D eigenvalue weighted by Crippen LogP contribution is 2.21. The minimum atomic E-state index is -0.153. The van der Waals surface area contributed by atoms with Gasteiger partial charge in [0.1, 0.15) is 0 Å².